The van der Waals surface area contributed by atoms with Crippen molar-refractivity contribution in [2.45, 2.75) is 6.42 Å². The number of aromatic amines is 1. The van der Waals surface area contributed by atoms with Gasteiger partial charge in [0.05, 0.1) is 17.8 Å². The number of urea groups is 1. The molecule has 1 saturated heterocycles. The van der Waals surface area contributed by atoms with E-state index in [9.17, 15) is 9.59 Å². The van der Waals surface area contributed by atoms with Crippen LogP contribution in [-0.4, -0.2) is 40.1 Å². The highest BCUT2D eigenvalue weighted by atomic mass is 35.5. The van der Waals surface area contributed by atoms with Crippen molar-refractivity contribution in [3.63, 3.8) is 0 Å². The van der Waals surface area contributed by atoms with Gasteiger partial charge in [-0.25, -0.2) is 4.79 Å². The summed E-state index contributed by atoms with van der Waals surface area (Å²) in [4.78, 5) is 26.0. The molecule has 8 heteroatoms. The molecule has 0 unspecified atom stereocenters. The molecule has 1 aromatic carbocycles. The van der Waals surface area contributed by atoms with Crippen molar-refractivity contribution in [1.29, 1.82) is 0 Å². The van der Waals surface area contributed by atoms with Crippen LogP contribution in [0.1, 0.15) is 6.42 Å². The zero-order chi connectivity index (χ0) is 16.2. The van der Waals surface area contributed by atoms with Crippen LogP contribution in [0.15, 0.2) is 36.7 Å². The molecule has 0 spiro atoms. The van der Waals surface area contributed by atoms with Crippen LogP contribution in [0.5, 0.6) is 0 Å². The molecule has 1 atom stereocenters. The van der Waals surface area contributed by atoms with Crippen molar-refractivity contribution in [2.24, 2.45) is 5.92 Å². The molecular weight excluding hydrogens is 318 g/mol. The number of aromatic nitrogens is 2. The summed E-state index contributed by atoms with van der Waals surface area (Å²) in [6.45, 7) is 0.937. The molecule has 1 aliphatic rings. The summed E-state index contributed by atoms with van der Waals surface area (Å²) in [6, 6.07) is 6.68. The maximum Gasteiger partial charge on any atom is 0.321 e. The summed E-state index contributed by atoms with van der Waals surface area (Å²) in [5.41, 5.74) is 1.30. The predicted octanol–water partition coefficient (Wildman–Crippen LogP) is 2.56. The lowest BCUT2D eigenvalue weighted by Gasteiger charge is -2.17. The summed E-state index contributed by atoms with van der Waals surface area (Å²) >= 11 is 5.81. The number of nitrogens with zero attached hydrogens (tertiary/aromatic N) is 2. The van der Waals surface area contributed by atoms with Gasteiger partial charge in [0.1, 0.15) is 0 Å². The Bertz CT molecular complexity index is 686. The summed E-state index contributed by atoms with van der Waals surface area (Å²) in [5.74, 6) is -0.325. The number of carbonyl (C=O) groups excluding carboxylic acids is 2. The second kappa shape index (κ2) is 6.70. The van der Waals surface area contributed by atoms with Crippen LogP contribution < -0.4 is 10.6 Å². The molecule has 120 valence electrons. The highest BCUT2D eigenvalue weighted by Crippen LogP contribution is 2.20. The molecule has 0 bridgehead atoms. The molecule has 2 heterocycles. The number of anilines is 2. The van der Waals surface area contributed by atoms with Gasteiger partial charge in [0.25, 0.3) is 0 Å². The van der Waals surface area contributed by atoms with Crippen LogP contribution in [0.2, 0.25) is 5.02 Å². The molecule has 0 aliphatic carbocycles. The number of rotatable bonds is 3. The van der Waals surface area contributed by atoms with Crippen LogP contribution >= 0.6 is 11.6 Å². The van der Waals surface area contributed by atoms with Crippen molar-refractivity contribution in [3.8, 4) is 0 Å². The Kier molecular flexibility index (Phi) is 4.47. The molecule has 3 N–H and O–H groups in total. The van der Waals surface area contributed by atoms with Gasteiger partial charge in [0.15, 0.2) is 0 Å². The average Bonchev–Trinajstić information content (AvgIpc) is 3.20. The van der Waals surface area contributed by atoms with E-state index in [0.29, 0.717) is 35.9 Å². The van der Waals surface area contributed by atoms with E-state index in [2.05, 4.69) is 20.8 Å². The topological polar surface area (TPSA) is 90.1 Å². The largest absolute Gasteiger partial charge is 0.324 e. The molecular formula is C15H16ClN5O2. The van der Waals surface area contributed by atoms with E-state index in [-0.39, 0.29) is 17.9 Å². The van der Waals surface area contributed by atoms with E-state index >= 15 is 0 Å². The summed E-state index contributed by atoms with van der Waals surface area (Å²) in [7, 11) is 0. The first-order valence-electron chi connectivity index (χ1n) is 7.23. The maximum atomic E-state index is 12.2. The monoisotopic (exact) mass is 333 g/mol. The molecule has 1 aliphatic heterocycles. The third kappa shape index (κ3) is 3.81. The van der Waals surface area contributed by atoms with Crippen molar-refractivity contribution < 1.29 is 9.59 Å². The fraction of sp³-hybridized carbons (Fsp3) is 0.267. The number of H-pyrrole nitrogens is 1. The number of benzene rings is 1. The van der Waals surface area contributed by atoms with E-state index < -0.39 is 0 Å². The van der Waals surface area contributed by atoms with Gasteiger partial charge in [0.2, 0.25) is 5.91 Å². The Morgan fingerprint density at radius 3 is 2.70 bits per heavy atom. The number of carbonyl (C=O) groups is 2. The highest BCUT2D eigenvalue weighted by Gasteiger charge is 2.31. The van der Waals surface area contributed by atoms with Crippen molar-refractivity contribution >= 4 is 34.9 Å². The lowest BCUT2D eigenvalue weighted by atomic mass is 10.1. The van der Waals surface area contributed by atoms with Gasteiger partial charge < -0.3 is 15.5 Å². The third-order valence-corrected chi connectivity index (χ3v) is 3.96. The van der Waals surface area contributed by atoms with Gasteiger partial charge in [-0.05, 0) is 30.7 Å². The molecule has 2 aromatic rings. The number of hydrogen-bond acceptors (Lipinski definition) is 3. The smallest absolute Gasteiger partial charge is 0.321 e. The van der Waals surface area contributed by atoms with Gasteiger partial charge in [-0.3, -0.25) is 9.89 Å². The van der Waals surface area contributed by atoms with Crippen LogP contribution in [-0.2, 0) is 4.79 Å². The van der Waals surface area contributed by atoms with Crippen molar-refractivity contribution in [1.82, 2.24) is 15.1 Å². The molecule has 0 saturated carbocycles. The third-order valence-electron chi connectivity index (χ3n) is 3.71. The summed E-state index contributed by atoms with van der Waals surface area (Å²) < 4.78 is 0. The molecule has 1 aromatic heterocycles. The Balaban J connectivity index is 1.53. The van der Waals surface area contributed by atoms with Crippen LogP contribution in [0.3, 0.4) is 0 Å². The molecule has 3 amide bonds. The Morgan fingerprint density at radius 2 is 2.00 bits per heavy atom. The van der Waals surface area contributed by atoms with E-state index in [4.69, 9.17) is 11.6 Å². The van der Waals surface area contributed by atoms with Gasteiger partial charge >= 0.3 is 6.03 Å². The van der Waals surface area contributed by atoms with E-state index in [1.54, 1.807) is 35.4 Å². The Morgan fingerprint density at radius 1 is 1.22 bits per heavy atom. The van der Waals surface area contributed by atoms with Crippen LogP contribution in [0.25, 0.3) is 0 Å². The van der Waals surface area contributed by atoms with Crippen LogP contribution in [0, 0.1) is 5.92 Å². The zero-order valence-corrected chi connectivity index (χ0v) is 13.0. The number of amides is 3. The second-order valence-electron chi connectivity index (χ2n) is 5.34. The first kappa shape index (κ1) is 15.4. The quantitative estimate of drug-likeness (QED) is 0.806. The van der Waals surface area contributed by atoms with Crippen molar-refractivity contribution in [3.05, 3.63) is 41.7 Å². The van der Waals surface area contributed by atoms with Gasteiger partial charge in [-0.2, -0.15) is 5.10 Å². The first-order valence-corrected chi connectivity index (χ1v) is 7.61. The first-order chi connectivity index (χ1) is 11.1. The molecule has 3 rings (SSSR count). The number of nitrogens with one attached hydrogen (secondary N) is 3. The predicted molar refractivity (Wildman–Crippen MR) is 87.4 cm³/mol. The standard InChI is InChI=1S/C15H16ClN5O2/c16-11-1-3-12(4-2-11)20-15(23)21-6-5-10(9-21)14(22)19-13-7-17-18-8-13/h1-4,7-8,10H,5-6,9H2,(H,17,18)(H,19,22)(H,20,23)/t10-/m1/s1. The molecule has 23 heavy (non-hydrogen) atoms. The molecule has 0 radical (unpaired) electrons. The Labute approximate surface area is 138 Å². The van der Waals surface area contributed by atoms with Gasteiger partial charge in [-0.15, -0.1) is 0 Å². The Hall–Kier alpha value is -2.54. The van der Waals surface area contributed by atoms with E-state index in [0.717, 1.165) is 0 Å². The summed E-state index contributed by atoms with van der Waals surface area (Å²) in [6.07, 6.45) is 3.79. The van der Waals surface area contributed by atoms with E-state index in [1.807, 2.05) is 0 Å². The number of likely N-dealkylation sites (tertiary alicyclic amines) is 1. The normalized spacial score (nSPS) is 17.1. The lowest BCUT2D eigenvalue weighted by molar-refractivity contribution is -0.119. The molecule has 7 nitrogen and oxygen atoms in total. The fourth-order valence-electron chi connectivity index (χ4n) is 2.46. The fourth-order valence-corrected chi connectivity index (χ4v) is 2.58. The SMILES string of the molecule is O=C(Nc1cn[nH]c1)[C@@H]1CCN(C(=O)Nc2ccc(Cl)cc2)C1. The minimum absolute atomic E-state index is 0.104. The zero-order valence-electron chi connectivity index (χ0n) is 12.3. The number of halogens is 1. The second-order valence-corrected chi connectivity index (χ2v) is 5.78. The maximum absolute atomic E-state index is 12.2. The highest BCUT2D eigenvalue weighted by molar-refractivity contribution is 6.30. The molecule has 1 fully saturated rings. The van der Waals surface area contributed by atoms with Gasteiger partial charge in [0, 0.05) is 30.0 Å². The lowest BCUT2D eigenvalue weighted by Crippen LogP contribution is -2.34. The van der Waals surface area contributed by atoms with Crippen molar-refractivity contribution in [2.75, 3.05) is 23.7 Å². The minimum atomic E-state index is -0.221. The number of hydrogen-bond donors (Lipinski definition) is 3. The van der Waals surface area contributed by atoms with Gasteiger partial charge in [-0.1, -0.05) is 11.6 Å². The van der Waals surface area contributed by atoms with Crippen LogP contribution in [0.4, 0.5) is 16.2 Å². The summed E-state index contributed by atoms with van der Waals surface area (Å²) in [5, 5.41) is 12.6. The minimum Gasteiger partial charge on any atom is -0.324 e. The average molecular weight is 334 g/mol. The van der Waals surface area contributed by atoms with E-state index in [1.165, 1.54) is 6.20 Å².